The molecule has 3 nitrogen and oxygen atoms in total. The number of ether oxygens (including phenoxy) is 2. The topological polar surface area (TPSA) is 35.5 Å². The summed E-state index contributed by atoms with van der Waals surface area (Å²) in [6.07, 6.45) is 0.850. The predicted octanol–water partition coefficient (Wildman–Crippen LogP) is 3.68. The van der Waals surface area contributed by atoms with Gasteiger partial charge in [0.2, 0.25) is 0 Å². The molecular weight excluding hydrogens is 283 g/mol. The zero-order valence-electron chi connectivity index (χ0n) is 12.3. The first-order valence-corrected chi connectivity index (χ1v) is 7.22. The minimum atomic E-state index is -0.252. The number of esters is 1. The van der Waals surface area contributed by atoms with E-state index in [1.165, 1.54) is 19.2 Å². The number of benzene rings is 2. The van der Waals surface area contributed by atoms with Crippen molar-refractivity contribution in [2.24, 2.45) is 5.92 Å². The van der Waals surface area contributed by atoms with Crippen molar-refractivity contribution in [2.75, 3.05) is 7.11 Å². The number of carbonyl (C=O) groups excluding carboxylic acids is 1. The van der Waals surface area contributed by atoms with Crippen molar-refractivity contribution in [2.45, 2.75) is 18.9 Å². The van der Waals surface area contributed by atoms with E-state index in [1.54, 1.807) is 12.1 Å². The molecule has 0 saturated heterocycles. The molecule has 2 atom stereocenters. The first-order valence-electron chi connectivity index (χ1n) is 7.22. The third-order valence-electron chi connectivity index (χ3n) is 3.92. The van der Waals surface area contributed by atoms with Gasteiger partial charge in [-0.25, -0.2) is 4.39 Å². The molecule has 2 unspecified atom stereocenters. The summed E-state index contributed by atoms with van der Waals surface area (Å²) in [6, 6.07) is 14.0. The average molecular weight is 300 g/mol. The lowest BCUT2D eigenvalue weighted by Gasteiger charge is -2.07. The maximum Gasteiger partial charge on any atom is 0.309 e. The van der Waals surface area contributed by atoms with Crippen molar-refractivity contribution in [1.29, 1.82) is 0 Å². The van der Waals surface area contributed by atoms with E-state index < -0.39 is 0 Å². The second kappa shape index (κ2) is 6.18. The van der Waals surface area contributed by atoms with Crippen molar-refractivity contribution >= 4 is 5.97 Å². The highest BCUT2D eigenvalue weighted by Gasteiger charge is 2.44. The molecule has 1 aliphatic carbocycles. The lowest BCUT2D eigenvalue weighted by Crippen LogP contribution is -2.03. The van der Waals surface area contributed by atoms with Crippen molar-refractivity contribution in [1.82, 2.24) is 0 Å². The lowest BCUT2D eigenvalue weighted by molar-refractivity contribution is -0.142. The minimum Gasteiger partial charge on any atom is -0.489 e. The van der Waals surface area contributed by atoms with Gasteiger partial charge in [-0.1, -0.05) is 24.3 Å². The second-order valence-corrected chi connectivity index (χ2v) is 5.46. The molecule has 2 aromatic carbocycles. The van der Waals surface area contributed by atoms with Crippen molar-refractivity contribution < 1.29 is 18.7 Å². The Labute approximate surface area is 128 Å². The Kier molecular flexibility index (Phi) is 4.09. The van der Waals surface area contributed by atoms with Gasteiger partial charge < -0.3 is 9.47 Å². The maximum atomic E-state index is 12.8. The summed E-state index contributed by atoms with van der Waals surface area (Å²) in [4.78, 5) is 11.4. The van der Waals surface area contributed by atoms with Crippen LogP contribution in [0.25, 0.3) is 0 Å². The van der Waals surface area contributed by atoms with E-state index in [0.717, 1.165) is 23.3 Å². The van der Waals surface area contributed by atoms with E-state index in [4.69, 9.17) is 9.47 Å². The van der Waals surface area contributed by atoms with Gasteiger partial charge in [-0.2, -0.15) is 0 Å². The predicted molar refractivity (Wildman–Crippen MR) is 80.0 cm³/mol. The molecule has 1 fully saturated rings. The third-order valence-corrected chi connectivity index (χ3v) is 3.92. The van der Waals surface area contributed by atoms with Crippen LogP contribution in [0.1, 0.15) is 23.5 Å². The molecule has 0 radical (unpaired) electrons. The summed E-state index contributed by atoms with van der Waals surface area (Å²) in [5.41, 5.74) is 2.04. The standard InChI is InChI=1S/C18H17FO3/c1-21-18(20)17-10-16(17)13-4-8-15(9-5-13)22-11-12-2-6-14(19)7-3-12/h2-9,16-17H,10-11H2,1H3. The molecule has 0 N–H and O–H groups in total. The summed E-state index contributed by atoms with van der Waals surface area (Å²) in [7, 11) is 1.42. The van der Waals surface area contributed by atoms with Crippen molar-refractivity contribution in [3.8, 4) is 5.75 Å². The Morgan fingerprint density at radius 1 is 1.14 bits per heavy atom. The van der Waals surface area contributed by atoms with E-state index in [9.17, 15) is 9.18 Å². The highest BCUT2D eigenvalue weighted by atomic mass is 19.1. The lowest BCUT2D eigenvalue weighted by atomic mass is 10.1. The zero-order chi connectivity index (χ0) is 15.5. The molecule has 0 heterocycles. The molecule has 0 spiro atoms. The monoisotopic (exact) mass is 300 g/mol. The molecule has 0 aromatic heterocycles. The number of methoxy groups -OCH3 is 1. The van der Waals surface area contributed by atoms with Crippen LogP contribution in [0.2, 0.25) is 0 Å². The number of rotatable bonds is 5. The van der Waals surface area contributed by atoms with Gasteiger partial charge in [-0.3, -0.25) is 4.79 Å². The van der Waals surface area contributed by atoms with E-state index in [2.05, 4.69) is 0 Å². The molecule has 2 aromatic rings. The number of carbonyl (C=O) groups is 1. The van der Waals surface area contributed by atoms with E-state index in [1.807, 2.05) is 24.3 Å². The summed E-state index contributed by atoms with van der Waals surface area (Å²) in [5, 5.41) is 0. The van der Waals surface area contributed by atoms with Crippen LogP contribution < -0.4 is 4.74 Å². The quantitative estimate of drug-likeness (QED) is 0.790. The first-order chi connectivity index (χ1) is 10.7. The fraction of sp³-hybridized carbons (Fsp3) is 0.278. The van der Waals surface area contributed by atoms with E-state index in [0.29, 0.717) is 6.61 Å². The molecule has 3 rings (SSSR count). The highest BCUT2D eigenvalue weighted by molar-refractivity contribution is 5.77. The Morgan fingerprint density at radius 3 is 2.45 bits per heavy atom. The molecule has 114 valence electrons. The number of halogens is 1. The van der Waals surface area contributed by atoms with Gasteiger partial charge in [0.05, 0.1) is 13.0 Å². The molecule has 1 saturated carbocycles. The Bertz CT molecular complexity index is 649. The van der Waals surface area contributed by atoms with Gasteiger partial charge in [-0.05, 0) is 47.7 Å². The van der Waals surface area contributed by atoms with Crippen LogP contribution in [0, 0.1) is 11.7 Å². The van der Waals surface area contributed by atoms with Gasteiger partial charge in [0.15, 0.2) is 0 Å². The second-order valence-electron chi connectivity index (χ2n) is 5.46. The van der Waals surface area contributed by atoms with E-state index >= 15 is 0 Å². The summed E-state index contributed by atoms with van der Waals surface area (Å²) in [6.45, 7) is 0.397. The third kappa shape index (κ3) is 3.27. The summed E-state index contributed by atoms with van der Waals surface area (Å²) < 4.78 is 23.2. The zero-order valence-corrected chi connectivity index (χ0v) is 12.3. The normalized spacial score (nSPS) is 19.5. The fourth-order valence-electron chi connectivity index (χ4n) is 2.53. The van der Waals surface area contributed by atoms with Crippen LogP contribution in [0.5, 0.6) is 5.75 Å². The van der Waals surface area contributed by atoms with Crippen molar-refractivity contribution in [3.63, 3.8) is 0 Å². The van der Waals surface area contributed by atoms with E-state index in [-0.39, 0.29) is 23.6 Å². The molecule has 0 aliphatic heterocycles. The molecule has 22 heavy (non-hydrogen) atoms. The smallest absolute Gasteiger partial charge is 0.309 e. The van der Waals surface area contributed by atoms with Crippen LogP contribution >= 0.6 is 0 Å². The largest absolute Gasteiger partial charge is 0.489 e. The summed E-state index contributed by atoms with van der Waals surface area (Å²) in [5.74, 6) is 0.622. The van der Waals surface area contributed by atoms with Crippen LogP contribution in [-0.4, -0.2) is 13.1 Å². The Hall–Kier alpha value is -2.36. The van der Waals surface area contributed by atoms with Gasteiger partial charge in [-0.15, -0.1) is 0 Å². The number of hydrogen-bond donors (Lipinski definition) is 0. The maximum absolute atomic E-state index is 12.8. The summed E-state index contributed by atoms with van der Waals surface area (Å²) >= 11 is 0. The molecular formula is C18H17FO3. The van der Waals surface area contributed by atoms with Crippen LogP contribution in [0.4, 0.5) is 4.39 Å². The molecule has 4 heteroatoms. The van der Waals surface area contributed by atoms with Gasteiger partial charge in [0.1, 0.15) is 18.2 Å². The fourth-order valence-corrected chi connectivity index (χ4v) is 2.53. The molecule has 0 amide bonds. The highest BCUT2D eigenvalue weighted by Crippen LogP contribution is 2.48. The van der Waals surface area contributed by atoms with Crippen LogP contribution in [0.3, 0.4) is 0 Å². The van der Waals surface area contributed by atoms with Crippen LogP contribution in [-0.2, 0) is 16.1 Å². The Morgan fingerprint density at radius 2 is 1.82 bits per heavy atom. The molecule has 0 bridgehead atoms. The van der Waals surface area contributed by atoms with Crippen LogP contribution in [0.15, 0.2) is 48.5 Å². The average Bonchev–Trinajstić information content (AvgIpc) is 3.35. The minimum absolute atomic E-state index is 0.00372. The molecule has 1 aliphatic rings. The first kappa shape index (κ1) is 14.6. The van der Waals surface area contributed by atoms with Gasteiger partial charge in [0, 0.05) is 0 Å². The number of hydrogen-bond acceptors (Lipinski definition) is 3. The Balaban J connectivity index is 1.56. The van der Waals surface area contributed by atoms with Gasteiger partial charge >= 0.3 is 5.97 Å². The van der Waals surface area contributed by atoms with Gasteiger partial charge in [0.25, 0.3) is 0 Å². The SMILES string of the molecule is COC(=O)C1CC1c1ccc(OCc2ccc(F)cc2)cc1. The van der Waals surface area contributed by atoms with Crippen molar-refractivity contribution in [3.05, 3.63) is 65.5 Å².